The third-order valence-corrected chi connectivity index (χ3v) is 4.75. The van der Waals surface area contributed by atoms with Gasteiger partial charge in [-0.25, -0.2) is 4.98 Å². The summed E-state index contributed by atoms with van der Waals surface area (Å²) in [5.41, 5.74) is -1.47. The van der Waals surface area contributed by atoms with E-state index in [-0.39, 0.29) is 11.7 Å². The largest absolute Gasteiger partial charge is 0.487 e. The summed E-state index contributed by atoms with van der Waals surface area (Å²) >= 11 is 4.75. The standard InChI is InChI=1S/C20H18ClF2N5O2.C3H8/c21-20(22,23)30-15-5-3-14(4-6-15)26-19(29)13-11-16(17-7-8-25-27-17)18(24-12-13)28-9-1-2-10-28;1-3-2/h3-8,11-12H,1-2,9-10H2,(H,25,27)(H,26,29);3H2,1-2H3. The first-order valence-electron chi connectivity index (χ1n) is 10.7. The lowest BCUT2D eigenvalue weighted by Crippen LogP contribution is -2.21. The fraction of sp³-hybridized carbons (Fsp3) is 0.348. The molecular formula is C23H26ClF2N5O2. The number of aromatic nitrogens is 3. The van der Waals surface area contributed by atoms with Crippen LogP contribution in [0.2, 0.25) is 0 Å². The molecule has 4 rings (SSSR count). The highest BCUT2D eigenvalue weighted by Crippen LogP contribution is 2.31. The molecule has 0 unspecified atom stereocenters. The van der Waals surface area contributed by atoms with Gasteiger partial charge in [-0.1, -0.05) is 20.3 Å². The fourth-order valence-electron chi connectivity index (χ4n) is 3.31. The highest BCUT2D eigenvalue weighted by molar-refractivity contribution is 6.20. The number of hydrogen-bond acceptors (Lipinski definition) is 5. The van der Waals surface area contributed by atoms with Crippen LogP contribution in [0.5, 0.6) is 5.75 Å². The molecule has 2 N–H and O–H groups in total. The maximum absolute atomic E-state index is 12.7. The van der Waals surface area contributed by atoms with Gasteiger partial charge in [0.05, 0.1) is 11.3 Å². The van der Waals surface area contributed by atoms with Crippen LogP contribution in [0.25, 0.3) is 11.3 Å². The van der Waals surface area contributed by atoms with Crippen LogP contribution >= 0.6 is 11.6 Å². The van der Waals surface area contributed by atoms with Crippen molar-refractivity contribution >= 4 is 29.0 Å². The molecule has 0 saturated carbocycles. The van der Waals surface area contributed by atoms with Crippen LogP contribution in [0.4, 0.5) is 20.3 Å². The first-order valence-corrected chi connectivity index (χ1v) is 11.1. The van der Waals surface area contributed by atoms with Crippen molar-refractivity contribution in [1.29, 1.82) is 0 Å². The Bertz CT molecular complexity index is 1030. The highest BCUT2D eigenvalue weighted by atomic mass is 35.5. The number of anilines is 2. The van der Waals surface area contributed by atoms with Gasteiger partial charge in [0, 0.05) is 48.3 Å². The summed E-state index contributed by atoms with van der Waals surface area (Å²) < 4.78 is 29.7. The van der Waals surface area contributed by atoms with E-state index in [2.05, 4.69) is 44.0 Å². The van der Waals surface area contributed by atoms with Crippen LogP contribution in [0.1, 0.15) is 43.5 Å². The molecule has 10 heteroatoms. The average Bonchev–Trinajstić information content (AvgIpc) is 3.49. The molecule has 1 aromatic carbocycles. The highest BCUT2D eigenvalue weighted by Gasteiger charge is 2.27. The van der Waals surface area contributed by atoms with Gasteiger partial charge in [-0.2, -0.15) is 5.10 Å². The molecule has 33 heavy (non-hydrogen) atoms. The molecule has 3 aromatic rings. The van der Waals surface area contributed by atoms with Crippen LogP contribution in [0.15, 0.2) is 48.8 Å². The van der Waals surface area contributed by atoms with E-state index in [0.717, 1.165) is 43.0 Å². The minimum atomic E-state index is -3.80. The van der Waals surface area contributed by atoms with E-state index in [9.17, 15) is 13.6 Å². The first kappa shape index (κ1) is 24.4. The lowest BCUT2D eigenvalue weighted by atomic mass is 10.1. The minimum absolute atomic E-state index is 0.119. The zero-order valence-electron chi connectivity index (χ0n) is 18.4. The second-order valence-electron chi connectivity index (χ2n) is 7.49. The number of hydrogen-bond donors (Lipinski definition) is 2. The Hall–Kier alpha value is -3.20. The lowest BCUT2D eigenvalue weighted by molar-refractivity contribution is -0.0964. The van der Waals surface area contributed by atoms with Gasteiger partial charge in [0.2, 0.25) is 0 Å². The number of benzene rings is 1. The number of H-pyrrole nitrogens is 1. The SMILES string of the molecule is CCC.O=C(Nc1ccc(OC(F)(F)Cl)cc1)c1cnc(N2CCCC2)c(-c2ccn[nH]2)c1. The Morgan fingerprint density at radius 2 is 1.88 bits per heavy atom. The molecule has 2 aromatic heterocycles. The number of ether oxygens (including phenoxy) is 1. The summed E-state index contributed by atoms with van der Waals surface area (Å²) in [7, 11) is 0. The average molecular weight is 478 g/mol. The second-order valence-corrected chi connectivity index (χ2v) is 7.93. The molecule has 7 nitrogen and oxygen atoms in total. The summed E-state index contributed by atoms with van der Waals surface area (Å²) in [5, 5.41) is 9.63. The number of rotatable bonds is 6. The van der Waals surface area contributed by atoms with Crippen LogP contribution in [-0.4, -0.2) is 39.7 Å². The van der Waals surface area contributed by atoms with E-state index in [1.54, 1.807) is 12.3 Å². The zero-order valence-corrected chi connectivity index (χ0v) is 19.2. The Balaban J connectivity index is 0.000000968. The van der Waals surface area contributed by atoms with Crippen molar-refractivity contribution in [1.82, 2.24) is 15.2 Å². The van der Waals surface area contributed by atoms with E-state index < -0.39 is 5.57 Å². The molecule has 0 radical (unpaired) electrons. The summed E-state index contributed by atoms with van der Waals surface area (Å²) in [5.74, 6) is 0.301. The topological polar surface area (TPSA) is 83.1 Å². The molecule has 1 aliphatic rings. The minimum Gasteiger partial charge on any atom is -0.420 e. The number of carbonyl (C=O) groups is 1. The van der Waals surface area contributed by atoms with Gasteiger partial charge in [-0.3, -0.25) is 9.89 Å². The van der Waals surface area contributed by atoms with Crippen molar-refractivity contribution < 1.29 is 18.3 Å². The van der Waals surface area contributed by atoms with E-state index in [4.69, 9.17) is 11.6 Å². The number of amides is 1. The second kappa shape index (κ2) is 11.1. The summed E-state index contributed by atoms with van der Waals surface area (Å²) in [6.07, 6.45) is 6.61. The molecule has 1 aliphatic heterocycles. The maximum atomic E-state index is 12.7. The van der Waals surface area contributed by atoms with E-state index >= 15 is 0 Å². The van der Waals surface area contributed by atoms with Gasteiger partial charge >= 0.3 is 5.57 Å². The van der Waals surface area contributed by atoms with Crippen molar-refractivity contribution in [2.45, 2.75) is 38.7 Å². The Kier molecular flexibility index (Phi) is 8.21. The number of aromatic amines is 1. The van der Waals surface area contributed by atoms with Crippen molar-refractivity contribution in [3.8, 4) is 17.0 Å². The maximum Gasteiger partial charge on any atom is 0.487 e. The summed E-state index contributed by atoms with van der Waals surface area (Å²) in [6, 6.07) is 9.04. The fourth-order valence-corrected chi connectivity index (χ4v) is 3.40. The van der Waals surface area contributed by atoms with Crippen molar-refractivity contribution in [2.75, 3.05) is 23.3 Å². The van der Waals surface area contributed by atoms with E-state index in [1.165, 1.54) is 36.9 Å². The molecule has 1 fully saturated rings. The van der Waals surface area contributed by atoms with Crippen molar-refractivity contribution in [2.24, 2.45) is 0 Å². The smallest absolute Gasteiger partial charge is 0.420 e. The molecule has 176 valence electrons. The van der Waals surface area contributed by atoms with Crippen molar-refractivity contribution in [3.63, 3.8) is 0 Å². The molecule has 0 atom stereocenters. The third kappa shape index (κ3) is 6.89. The number of nitrogens with one attached hydrogen (secondary N) is 2. The van der Waals surface area contributed by atoms with Gasteiger partial charge in [0.25, 0.3) is 5.91 Å². The summed E-state index contributed by atoms with van der Waals surface area (Å²) in [4.78, 5) is 19.4. The quantitative estimate of drug-likeness (QED) is 0.431. The predicted molar refractivity (Wildman–Crippen MR) is 125 cm³/mol. The van der Waals surface area contributed by atoms with Crippen LogP contribution in [0.3, 0.4) is 0 Å². The van der Waals surface area contributed by atoms with E-state index in [1.807, 2.05) is 6.07 Å². The first-order chi connectivity index (χ1) is 15.8. The Labute approximate surface area is 196 Å². The van der Waals surface area contributed by atoms with Crippen LogP contribution < -0.4 is 15.0 Å². The monoisotopic (exact) mass is 477 g/mol. The van der Waals surface area contributed by atoms with E-state index in [0.29, 0.717) is 11.3 Å². The number of pyridine rings is 1. The zero-order chi connectivity index (χ0) is 23.8. The molecule has 1 amide bonds. The van der Waals surface area contributed by atoms with Gasteiger partial charge < -0.3 is 15.0 Å². The normalized spacial score (nSPS) is 13.3. The summed E-state index contributed by atoms with van der Waals surface area (Å²) in [6.45, 7) is 6.07. The van der Waals surface area contributed by atoms with Crippen LogP contribution in [-0.2, 0) is 0 Å². The number of carbonyl (C=O) groups excluding carboxylic acids is 1. The van der Waals surface area contributed by atoms with Crippen LogP contribution in [0, 0.1) is 0 Å². The molecule has 0 bridgehead atoms. The molecule has 0 aliphatic carbocycles. The van der Waals surface area contributed by atoms with Gasteiger partial charge in [0.15, 0.2) is 0 Å². The van der Waals surface area contributed by atoms with Gasteiger partial charge in [-0.15, -0.1) is 8.78 Å². The van der Waals surface area contributed by atoms with Crippen molar-refractivity contribution in [3.05, 3.63) is 54.4 Å². The Morgan fingerprint density at radius 1 is 1.21 bits per heavy atom. The van der Waals surface area contributed by atoms with Gasteiger partial charge in [0.1, 0.15) is 11.6 Å². The Morgan fingerprint density at radius 3 is 2.45 bits per heavy atom. The number of alkyl halides is 3. The molecule has 3 heterocycles. The molecule has 0 spiro atoms. The number of halogens is 3. The number of nitrogens with zero attached hydrogens (tertiary/aromatic N) is 3. The molecule has 1 saturated heterocycles. The molecular weight excluding hydrogens is 452 g/mol. The lowest BCUT2D eigenvalue weighted by Gasteiger charge is -2.20. The third-order valence-electron chi connectivity index (χ3n) is 4.67. The predicted octanol–water partition coefficient (Wildman–Crippen LogP) is 5.91. The van der Waals surface area contributed by atoms with Gasteiger partial charge in [-0.05, 0) is 49.2 Å².